The number of anilines is 1. The summed E-state index contributed by atoms with van der Waals surface area (Å²) in [5.41, 5.74) is 6.43. The maximum absolute atomic E-state index is 13.1. The van der Waals surface area contributed by atoms with Gasteiger partial charge in [-0.15, -0.1) is 0 Å². The van der Waals surface area contributed by atoms with Crippen molar-refractivity contribution in [1.29, 1.82) is 0 Å². The molecule has 3 unspecified atom stereocenters. The first-order valence-corrected chi connectivity index (χ1v) is 9.53. The number of nitrogens with zero attached hydrogens (tertiary/aromatic N) is 1. The Kier molecular flexibility index (Phi) is 5.16. The number of carbonyl (C=O) groups is 1. The highest BCUT2D eigenvalue weighted by molar-refractivity contribution is 6.33. The Bertz CT molecular complexity index is 662. The normalized spacial score (nSPS) is 27.1. The Balaban J connectivity index is 1.90. The smallest absolute Gasteiger partial charge is 0.256 e. The standard InChI is InChI=1S/C19H28ClN3O2/c1-4-12(2)23-13-6-5-8-19(23,9-7-13)22-18(24)14-10-15(20)16(21)11-17(14)25-3/h10-13H,4-9,21H2,1-3H3,(H,22,24). The topological polar surface area (TPSA) is 67.6 Å². The summed E-state index contributed by atoms with van der Waals surface area (Å²) >= 11 is 6.14. The summed E-state index contributed by atoms with van der Waals surface area (Å²) in [7, 11) is 1.54. The second kappa shape index (κ2) is 7.04. The number of nitrogen functional groups attached to an aromatic ring is 1. The molecule has 2 bridgehead atoms. The van der Waals surface area contributed by atoms with Gasteiger partial charge in [0, 0.05) is 18.2 Å². The highest BCUT2D eigenvalue weighted by atomic mass is 35.5. The van der Waals surface area contributed by atoms with Crippen molar-refractivity contribution in [3.63, 3.8) is 0 Å². The van der Waals surface area contributed by atoms with E-state index in [0.717, 1.165) is 32.1 Å². The van der Waals surface area contributed by atoms with E-state index in [2.05, 4.69) is 24.1 Å². The maximum atomic E-state index is 13.1. The van der Waals surface area contributed by atoms with E-state index in [-0.39, 0.29) is 11.6 Å². The van der Waals surface area contributed by atoms with E-state index < -0.39 is 0 Å². The van der Waals surface area contributed by atoms with Gasteiger partial charge in [-0.25, -0.2) is 0 Å². The van der Waals surface area contributed by atoms with E-state index >= 15 is 0 Å². The largest absolute Gasteiger partial charge is 0.496 e. The van der Waals surface area contributed by atoms with Gasteiger partial charge in [-0.2, -0.15) is 0 Å². The highest BCUT2D eigenvalue weighted by Gasteiger charge is 2.51. The summed E-state index contributed by atoms with van der Waals surface area (Å²) in [4.78, 5) is 15.6. The third-order valence-corrected chi connectivity index (χ3v) is 6.21. The third kappa shape index (κ3) is 3.20. The maximum Gasteiger partial charge on any atom is 0.256 e. The first kappa shape index (κ1) is 18.3. The average Bonchev–Trinajstić information content (AvgIpc) is 2.81. The number of ether oxygens (including phenoxy) is 1. The predicted molar refractivity (Wildman–Crippen MR) is 101 cm³/mol. The minimum absolute atomic E-state index is 0.144. The van der Waals surface area contributed by atoms with Crippen LogP contribution < -0.4 is 15.8 Å². The number of halogens is 1. The summed E-state index contributed by atoms with van der Waals surface area (Å²) in [6, 6.07) is 4.23. The van der Waals surface area contributed by atoms with E-state index in [1.165, 1.54) is 13.5 Å². The van der Waals surface area contributed by atoms with Gasteiger partial charge in [-0.1, -0.05) is 18.5 Å². The van der Waals surface area contributed by atoms with Crippen molar-refractivity contribution in [1.82, 2.24) is 10.2 Å². The molecule has 5 nitrogen and oxygen atoms in total. The summed E-state index contributed by atoms with van der Waals surface area (Å²) in [6.45, 7) is 4.46. The lowest BCUT2D eigenvalue weighted by molar-refractivity contribution is -0.00400. The number of fused-ring (bicyclic) bond motifs is 2. The van der Waals surface area contributed by atoms with Crippen LogP contribution >= 0.6 is 11.6 Å². The minimum Gasteiger partial charge on any atom is -0.496 e. The molecule has 2 heterocycles. The first-order chi connectivity index (χ1) is 11.9. The number of amides is 1. The van der Waals surface area contributed by atoms with Crippen LogP contribution in [0.15, 0.2) is 12.1 Å². The molecule has 3 atom stereocenters. The van der Waals surface area contributed by atoms with Gasteiger partial charge >= 0.3 is 0 Å². The number of hydrogen-bond acceptors (Lipinski definition) is 4. The summed E-state index contributed by atoms with van der Waals surface area (Å²) < 4.78 is 5.35. The van der Waals surface area contributed by atoms with E-state index in [9.17, 15) is 4.79 Å². The van der Waals surface area contributed by atoms with Gasteiger partial charge in [0.25, 0.3) is 5.91 Å². The number of benzene rings is 1. The van der Waals surface area contributed by atoms with Crippen molar-refractivity contribution >= 4 is 23.2 Å². The van der Waals surface area contributed by atoms with Gasteiger partial charge in [0.15, 0.2) is 0 Å². The molecular formula is C19H28ClN3O2. The van der Waals surface area contributed by atoms with Crippen molar-refractivity contribution in [3.8, 4) is 5.75 Å². The molecule has 0 aromatic heterocycles. The average molecular weight is 366 g/mol. The molecule has 0 saturated carbocycles. The highest BCUT2D eigenvalue weighted by Crippen LogP contribution is 2.44. The van der Waals surface area contributed by atoms with E-state index in [4.69, 9.17) is 22.1 Å². The summed E-state index contributed by atoms with van der Waals surface area (Å²) in [6.07, 6.45) is 6.58. The monoisotopic (exact) mass is 365 g/mol. The van der Waals surface area contributed by atoms with Crippen LogP contribution in [0.4, 0.5) is 5.69 Å². The molecule has 2 saturated heterocycles. The number of methoxy groups -OCH3 is 1. The second-order valence-corrected chi connectivity index (χ2v) is 7.72. The van der Waals surface area contributed by atoms with Crippen LogP contribution in [0.1, 0.15) is 62.7 Å². The van der Waals surface area contributed by atoms with Crippen LogP contribution in [0.2, 0.25) is 5.02 Å². The van der Waals surface area contributed by atoms with Crippen LogP contribution in [0.3, 0.4) is 0 Å². The first-order valence-electron chi connectivity index (χ1n) is 9.16. The fraction of sp³-hybridized carbons (Fsp3) is 0.632. The van der Waals surface area contributed by atoms with Gasteiger partial charge in [0.05, 0.1) is 29.0 Å². The second-order valence-electron chi connectivity index (χ2n) is 7.31. The number of carbonyl (C=O) groups excluding carboxylic acids is 1. The molecule has 1 amide bonds. The molecule has 0 radical (unpaired) electrons. The Labute approximate surface area is 154 Å². The van der Waals surface area contributed by atoms with Gasteiger partial charge in [-0.3, -0.25) is 9.69 Å². The number of hydrogen-bond donors (Lipinski definition) is 2. The Morgan fingerprint density at radius 3 is 2.92 bits per heavy atom. The van der Waals surface area contributed by atoms with E-state index in [1.54, 1.807) is 12.1 Å². The molecule has 25 heavy (non-hydrogen) atoms. The molecule has 1 aromatic rings. The molecule has 138 valence electrons. The van der Waals surface area contributed by atoms with Crippen molar-refractivity contribution in [2.45, 2.75) is 70.1 Å². The minimum atomic E-state index is -0.256. The van der Waals surface area contributed by atoms with Crippen LogP contribution in [-0.2, 0) is 0 Å². The number of piperidine rings is 1. The Morgan fingerprint density at radius 2 is 2.24 bits per heavy atom. The fourth-order valence-electron chi connectivity index (χ4n) is 4.55. The Morgan fingerprint density at radius 1 is 1.48 bits per heavy atom. The van der Waals surface area contributed by atoms with E-state index in [1.807, 2.05) is 0 Å². The molecule has 6 heteroatoms. The zero-order valence-corrected chi connectivity index (χ0v) is 16.0. The van der Waals surface area contributed by atoms with E-state index in [0.29, 0.717) is 34.1 Å². The summed E-state index contributed by atoms with van der Waals surface area (Å²) in [5, 5.41) is 3.70. The van der Waals surface area contributed by atoms with Gasteiger partial charge < -0.3 is 15.8 Å². The molecule has 2 aliphatic heterocycles. The fourth-order valence-corrected chi connectivity index (χ4v) is 4.72. The van der Waals surface area contributed by atoms with Crippen LogP contribution in [0.5, 0.6) is 5.75 Å². The van der Waals surface area contributed by atoms with Crippen LogP contribution in [0, 0.1) is 0 Å². The van der Waals surface area contributed by atoms with Crippen molar-refractivity contribution in [2.75, 3.05) is 12.8 Å². The molecule has 0 aliphatic carbocycles. The predicted octanol–water partition coefficient (Wildman–Crippen LogP) is 3.80. The van der Waals surface area contributed by atoms with Gasteiger partial charge in [0.1, 0.15) is 5.75 Å². The molecule has 1 aromatic carbocycles. The number of nitrogens with two attached hydrogens (primary N) is 1. The third-order valence-electron chi connectivity index (χ3n) is 5.88. The molecule has 3 N–H and O–H groups in total. The molecular weight excluding hydrogens is 338 g/mol. The zero-order valence-electron chi connectivity index (χ0n) is 15.3. The van der Waals surface area contributed by atoms with Gasteiger partial charge in [-0.05, 0) is 51.5 Å². The zero-order chi connectivity index (χ0) is 18.2. The van der Waals surface area contributed by atoms with Crippen molar-refractivity contribution < 1.29 is 9.53 Å². The number of nitrogens with one attached hydrogen (secondary N) is 1. The van der Waals surface area contributed by atoms with Crippen LogP contribution in [0.25, 0.3) is 0 Å². The van der Waals surface area contributed by atoms with Crippen molar-refractivity contribution in [3.05, 3.63) is 22.7 Å². The van der Waals surface area contributed by atoms with Crippen LogP contribution in [-0.4, -0.2) is 35.7 Å². The molecule has 3 rings (SSSR count). The lowest BCUT2D eigenvalue weighted by Gasteiger charge is -2.48. The quantitative estimate of drug-likeness (QED) is 0.779. The lowest BCUT2D eigenvalue weighted by atomic mass is 9.93. The Hall–Kier alpha value is -1.46. The lowest BCUT2D eigenvalue weighted by Crippen LogP contribution is -2.63. The SMILES string of the molecule is CCC(C)N1C2CCCC1(NC(=O)c1cc(Cl)c(N)cc1OC)CC2. The molecule has 2 aliphatic rings. The van der Waals surface area contributed by atoms with Gasteiger partial charge in [0.2, 0.25) is 0 Å². The van der Waals surface area contributed by atoms with Crippen molar-refractivity contribution in [2.24, 2.45) is 0 Å². The molecule has 2 fully saturated rings. The summed E-state index contributed by atoms with van der Waals surface area (Å²) in [5.74, 6) is 0.311. The number of rotatable bonds is 5. The molecule has 0 spiro atoms.